The standard InChI is InChI=1S/C10H18N4O.ClH/c1-2-3-10-12-9(13-15-10)7-14-5-4-8(11)6-14;/h8H,2-7,11H2,1H3;1H/t8-;/m0./s1. The minimum atomic E-state index is 0. The Bertz CT molecular complexity index is 318. The van der Waals surface area contributed by atoms with Crippen LogP contribution in [0.4, 0.5) is 0 Å². The first-order valence-corrected chi connectivity index (χ1v) is 5.57. The molecule has 1 aromatic rings. The fourth-order valence-corrected chi connectivity index (χ4v) is 1.88. The lowest BCUT2D eigenvalue weighted by atomic mass is 10.3. The Morgan fingerprint density at radius 2 is 2.38 bits per heavy atom. The molecule has 6 heteroatoms. The molecular weight excluding hydrogens is 228 g/mol. The van der Waals surface area contributed by atoms with E-state index in [9.17, 15) is 0 Å². The number of rotatable bonds is 4. The van der Waals surface area contributed by atoms with Crippen LogP contribution in [0.1, 0.15) is 31.5 Å². The summed E-state index contributed by atoms with van der Waals surface area (Å²) in [4.78, 5) is 6.60. The molecule has 1 fully saturated rings. The lowest BCUT2D eigenvalue weighted by molar-refractivity contribution is 0.306. The van der Waals surface area contributed by atoms with Gasteiger partial charge in [-0.25, -0.2) is 0 Å². The van der Waals surface area contributed by atoms with Gasteiger partial charge in [0, 0.05) is 25.6 Å². The lowest BCUT2D eigenvalue weighted by Crippen LogP contribution is -2.26. The number of hydrogen-bond acceptors (Lipinski definition) is 5. The van der Waals surface area contributed by atoms with E-state index in [1.54, 1.807) is 0 Å². The second-order valence-corrected chi connectivity index (χ2v) is 4.14. The molecule has 0 unspecified atom stereocenters. The summed E-state index contributed by atoms with van der Waals surface area (Å²) < 4.78 is 5.12. The molecule has 2 heterocycles. The lowest BCUT2D eigenvalue weighted by Gasteiger charge is -2.11. The summed E-state index contributed by atoms with van der Waals surface area (Å²) in [6, 6.07) is 0.312. The zero-order chi connectivity index (χ0) is 10.7. The van der Waals surface area contributed by atoms with Crippen LogP contribution in [0, 0.1) is 0 Å². The molecule has 2 N–H and O–H groups in total. The van der Waals surface area contributed by atoms with Crippen LogP contribution in [-0.2, 0) is 13.0 Å². The fraction of sp³-hybridized carbons (Fsp3) is 0.800. The average molecular weight is 247 g/mol. The zero-order valence-corrected chi connectivity index (χ0v) is 10.4. The van der Waals surface area contributed by atoms with E-state index in [1.807, 2.05) is 0 Å². The van der Waals surface area contributed by atoms with Crippen molar-refractivity contribution in [2.45, 2.75) is 38.8 Å². The van der Waals surface area contributed by atoms with Crippen LogP contribution in [0.15, 0.2) is 4.52 Å². The molecular formula is C10H19ClN4O. The molecule has 2 rings (SSSR count). The van der Waals surface area contributed by atoms with Crippen molar-refractivity contribution in [3.8, 4) is 0 Å². The van der Waals surface area contributed by atoms with Crippen molar-refractivity contribution in [1.82, 2.24) is 15.0 Å². The highest BCUT2D eigenvalue weighted by Gasteiger charge is 2.20. The van der Waals surface area contributed by atoms with E-state index in [-0.39, 0.29) is 12.4 Å². The second kappa shape index (κ2) is 6.18. The third kappa shape index (κ3) is 3.43. The maximum atomic E-state index is 5.83. The normalized spacial score (nSPS) is 21.0. The Hall–Kier alpha value is -0.650. The largest absolute Gasteiger partial charge is 0.339 e. The molecule has 1 aliphatic rings. The highest BCUT2D eigenvalue weighted by molar-refractivity contribution is 5.85. The molecule has 1 aromatic heterocycles. The van der Waals surface area contributed by atoms with E-state index in [0.29, 0.717) is 6.04 Å². The smallest absolute Gasteiger partial charge is 0.226 e. The zero-order valence-electron chi connectivity index (χ0n) is 9.56. The van der Waals surface area contributed by atoms with Crippen molar-refractivity contribution in [3.05, 3.63) is 11.7 Å². The monoisotopic (exact) mass is 246 g/mol. The van der Waals surface area contributed by atoms with Gasteiger partial charge in [-0.15, -0.1) is 12.4 Å². The van der Waals surface area contributed by atoms with Crippen LogP contribution in [0.3, 0.4) is 0 Å². The van der Waals surface area contributed by atoms with Crippen LogP contribution >= 0.6 is 12.4 Å². The maximum Gasteiger partial charge on any atom is 0.226 e. The Morgan fingerprint density at radius 1 is 1.56 bits per heavy atom. The Labute approximate surface area is 102 Å². The van der Waals surface area contributed by atoms with Crippen LogP contribution in [0.5, 0.6) is 0 Å². The van der Waals surface area contributed by atoms with Gasteiger partial charge in [0.15, 0.2) is 5.82 Å². The van der Waals surface area contributed by atoms with Crippen molar-refractivity contribution in [2.24, 2.45) is 5.73 Å². The first-order chi connectivity index (χ1) is 7.28. The highest BCUT2D eigenvalue weighted by atomic mass is 35.5. The van der Waals surface area contributed by atoms with Crippen LogP contribution in [-0.4, -0.2) is 34.2 Å². The van der Waals surface area contributed by atoms with Gasteiger partial charge in [-0.2, -0.15) is 4.98 Å². The molecule has 0 saturated carbocycles. The number of nitrogens with two attached hydrogens (primary N) is 1. The molecule has 0 aromatic carbocycles. The Balaban J connectivity index is 0.00000128. The molecule has 1 atom stereocenters. The van der Waals surface area contributed by atoms with Crippen molar-refractivity contribution >= 4 is 12.4 Å². The van der Waals surface area contributed by atoms with Gasteiger partial charge >= 0.3 is 0 Å². The van der Waals surface area contributed by atoms with Crippen molar-refractivity contribution in [2.75, 3.05) is 13.1 Å². The topological polar surface area (TPSA) is 68.2 Å². The Kier molecular flexibility index (Phi) is 5.18. The van der Waals surface area contributed by atoms with Gasteiger partial charge in [-0.05, 0) is 12.8 Å². The van der Waals surface area contributed by atoms with E-state index < -0.39 is 0 Å². The SMILES string of the molecule is CCCc1nc(CN2CC[C@H](N)C2)no1.Cl. The first kappa shape index (κ1) is 13.4. The van der Waals surface area contributed by atoms with Gasteiger partial charge in [0.2, 0.25) is 5.89 Å². The molecule has 5 nitrogen and oxygen atoms in total. The minimum absolute atomic E-state index is 0. The average Bonchev–Trinajstić information content (AvgIpc) is 2.78. The van der Waals surface area contributed by atoms with Crippen LogP contribution < -0.4 is 5.73 Å². The summed E-state index contributed by atoms with van der Waals surface area (Å²) in [6.07, 6.45) is 2.97. The van der Waals surface area contributed by atoms with E-state index >= 15 is 0 Å². The van der Waals surface area contributed by atoms with E-state index in [0.717, 1.165) is 50.6 Å². The molecule has 0 bridgehead atoms. The third-order valence-corrected chi connectivity index (χ3v) is 2.65. The fourth-order valence-electron chi connectivity index (χ4n) is 1.88. The number of aromatic nitrogens is 2. The molecule has 0 amide bonds. The minimum Gasteiger partial charge on any atom is -0.339 e. The first-order valence-electron chi connectivity index (χ1n) is 5.57. The number of hydrogen-bond donors (Lipinski definition) is 1. The number of nitrogens with zero attached hydrogens (tertiary/aromatic N) is 3. The molecule has 92 valence electrons. The van der Waals surface area contributed by atoms with Gasteiger partial charge in [0.1, 0.15) is 0 Å². The molecule has 16 heavy (non-hydrogen) atoms. The predicted octanol–water partition coefficient (Wildman–Crippen LogP) is 0.977. The summed E-state index contributed by atoms with van der Waals surface area (Å²) in [6.45, 7) is 4.85. The van der Waals surface area contributed by atoms with E-state index in [4.69, 9.17) is 10.3 Å². The predicted molar refractivity (Wildman–Crippen MR) is 63.4 cm³/mol. The van der Waals surface area contributed by atoms with Crippen molar-refractivity contribution in [1.29, 1.82) is 0 Å². The molecule has 0 aliphatic carbocycles. The highest BCUT2D eigenvalue weighted by Crippen LogP contribution is 2.10. The van der Waals surface area contributed by atoms with E-state index in [2.05, 4.69) is 22.0 Å². The Morgan fingerprint density at radius 3 is 3.00 bits per heavy atom. The second-order valence-electron chi connectivity index (χ2n) is 4.14. The molecule has 1 aliphatic heterocycles. The number of aryl methyl sites for hydroxylation is 1. The summed E-state index contributed by atoms with van der Waals surface area (Å²) in [5, 5.41) is 3.95. The molecule has 0 spiro atoms. The summed E-state index contributed by atoms with van der Waals surface area (Å²) >= 11 is 0. The van der Waals surface area contributed by atoms with E-state index in [1.165, 1.54) is 0 Å². The van der Waals surface area contributed by atoms with Crippen molar-refractivity contribution in [3.63, 3.8) is 0 Å². The summed E-state index contributed by atoms with van der Waals surface area (Å²) in [5.74, 6) is 1.53. The van der Waals surface area contributed by atoms with Gasteiger partial charge in [0.05, 0.1) is 6.54 Å². The third-order valence-electron chi connectivity index (χ3n) is 2.65. The van der Waals surface area contributed by atoms with Crippen molar-refractivity contribution < 1.29 is 4.52 Å². The number of likely N-dealkylation sites (tertiary alicyclic amines) is 1. The van der Waals surface area contributed by atoms with Crippen LogP contribution in [0.25, 0.3) is 0 Å². The van der Waals surface area contributed by atoms with Gasteiger partial charge in [-0.1, -0.05) is 12.1 Å². The van der Waals surface area contributed by atoms with Gasteiger partial charge < -0.3 is 10.3 Å². The number of halogens is 1. The van der Waals surface area contributed by atoms with Crippen LogP contribution in [0.2, 0.25) is 0 Å². The van der Waals surface area contributed by atoms with Gasteiger partial charge in [-0.3, -0.25) is 4.90 Å². The quantitative estimate of drug-likeness (QED) is 0.858. The molecule has 0 radical (unpaired) electrons. The summed E-state index contributed by atoms with van der Waals surface area (Å²) in [7, 11) is 0. The summed E-state index contributed by atoms with van der Waals surface area (Å²) in [5.41, 5.74) is 5.83. The maximum absolute atomic E-state index is 5.83. The van der Waals surface area contributed by atoms with Gasteiger partial charge in [0.25, 0.3) is 0 Å². The molecule has 1 saturated heterocycles.